The maximum Gasteiger partial charge on any atom is 0.330 e. The molecule has 0 aromatic carbocycles. The van der Waals surface area contributed by atoms with Gasteiger partial charge in [-0.1, -0.05) is 0 Å². The summed E-state index contributed by atoms with van der Waals surface area (Å²) in [7, 11) is 0. The molecule has 1 amide bonds. The molecule has 2 aliphatic rings. The molecule has 6 nitrogen and oxygen atoms in total. The van der Waals surface area contributed by atoms with Gasteiger partial charge in [0.05, 0.1) is 6.26 Å². The molecule has 2 heterocycles. The molecular weight excluding hydrogens is 318 g/mol. The van der Waals surface area contributed by atoms with Crippen LogP contribution in [-0.2, 0) is 19.1 Å². The Balaban J connectivity index is 1.72. The number of ketones is 1. The second kappa shape index (κ2) is 6.78. The number of hydrogen-bond acceptors (Lipinski definition) is 6. The van der Waals surface area contributed by atoms with Crippen LogP contribution in [-0.4, -0.2) is 40.5 Å². The average Bonchev–Trinajstić information content (AvgIpc) is 3.17. The Morgan fingerprint density at radius 3 is 2.87 bits per heavy atom. The van der Waals surface area contributed by atoms with E-state index in [1.807, 2.05) is 0 Å². The Morgan fingerprint density at radius 2 is 2.22 bits per heavy atom. The second-order valence-corrected chi connectivity index (χ2v) is 6.89. The number of esters is 1. The van der Waals surface area contributed by atoms with Crippen LogP contribution in [0.2, 0.25) is 0 Å². The number of hydrogen-bond donors (Lipinski definition) is 0. The van der Waals surface area contributed by atoms with E-state index >= 15 is 0 Å². The Morgan fingerprint density at radius 1 is 1.39 bits per heavy atom. The zero-order chi connectivity index (χ0) is 16.4. The summed E-state index contributed by atoms with van der Waals surface area (Å²) in [4.78, 5) is 37.8. The van der Waals surface area contributed by atoms with Crippen molar-refractivity contribution >= 4 is 29.4 Å². The quantitative estimate of drug-likeness (QED) is 0.788. The number of Topliss-reactive ketones (excluding diaryl/α,β-unsaturated/α-hetero) is 1. The number of carbonyl (C=O) groups excluding carboxylic acids is 3. The van der Waals surface area contributed by atoms with Crippen LogP contribution in [0.3, 0.4) is 0 Å². The summed E-state index contributed by atoms with van der Waals surface area (Å²) >= 11 is 1.46. The number of thioether (sulfide) groups is 1. The van der Waals surface area contributed by atoms with Crippen LogP contribution >= 0.6 is 11.8 Å². The predicted octanol–water partition coefficient (Wildman–Crippen LogP) is 2.30. The first-order valence-electron chi connectivity index (χ1n) is 7.75. The Hall–Kier alpha value is -1.76. The van der Waals surface area contributed by atoms with Crippen LogP contribution in [0.25, 0.3) is 0 Å². The highest BCUT2D eigenvalue weighted by atomic mass is 32.2. The first kappa shape index (κ1) is 16.1. The first-order valence-corrected chi connectivity index (χ1v) is 8.80. The van der Waals surface area contributed by atoms with E-state index in [1.165, 1.54) is 23.6 Å². The van der Waals surface area contributed by atoms with Gasteiger partial charge in [-0.2, -0.15) is 0 Å². The smallest absolute Gasteiger partial charge is 0.330 e. The zero-order valence-corrected chi connectivity index (χ0v) is 13.7. The summed E-state index contributed by atoms with van der Waals surface area (Å²) in [6, 6.07) is 2.86. The molecule has 3 rings (SSSR count). The van der Waals surface area contributed by atoms with E-state index in [4.69, 9.17) is 9.15 Å². The highest BCUT2D eigenvalue weighted by Gasteiger charge is 2.44. The van der Waals surface area contributed by atoms with Crippen LogP contribution in [0.4, 0.5) is 0 Å². The van der Waals surface area contributed by atoms with Gasteiger partial charge in [0, 0.05) is 19.1 Å². The minimum absolute atomic E-state index is 0.0211. The topological polar surface area (TPSA) is 76.8 Å². The molecule has 0 unspecified atom stereocenters. The summed E-state index contributed by atoms with van der Waals surface area (Å²) in [6.07, 6.45) is 3.66. The van der Waals surface area contributed by atoms with E-state index < -0.39 is 18.1 Å². The van der Waals surface area contributed by atoms with E-state index in [2.05, 4.69) is 0 Å². The van der Waals surface area contributed by atoms with E-state index in [0.29, 0.717) is 24.4 Å². The van der Waals surface area contributed by atoms with Crippen molar-refractivity contribution in [3.05, 3.63) is 24.2 Å². The van der Waals surface area contributed by atoms with Gasteiger partial charge in [0.25, 0.3) is 0 Å². The molecule has 0 N–H and O–H groups in total. The fourth-order valence-electron chi connectivity index (χ4n) is 3.02. The summed E-state index contributed by atoms with van der Waals surface area (Å²) < 4.78 is 10.8. The fourth-order valence-corrected chi connectivity index (χ4v) is 4.43. The third kappa shape index (κ3) is 3.29. The minimum atomic E-state index is -0.678. The largest absolute Gasteiger partial charge is 0.466 e. The van der Waals surface area contributed by atoms with Crippen molar-refractivity contribution in [2.45, 2.75) is 50.1 Å². The minimum Gasteiger partial charge on any atom is -0.466 e. The third-order valence-corrected chi connectivity index (χ3v) is 5.46. The van der Waals surface area contributed by atoms with E-state index in [-0.39, 0.29) is 17.1 Å². The van der Waals surface area contributed by atoms with Crippen molar-refractivity contribution in [3.8, 4) is 0 Å². The van der Waals surface area contributed by atoms with Crippen LogP contribution in [0.15, 0.2) is 22.8 Å². The number of rotatable bonds is 3. The highest BCUT2D eigenvalue weighted by molar-refractivity contribution is 7.99. The molecule has 2 fully saturated rings. The Labute approximate surface area is 138 Å². The van der Waals surface area contributed by atoms with Crippen LogP contribution in [0.5, 0.6) is 0 Å². The normalized spacial score (nSPS) is 28.0. The molecule has 1 aliphatic heterocycles. The molecule has 23 heavy (non-hydrogen) atoms. The van der Waals surface area contributed by atoms with Gasteiger partial charge in [-0.05, 0) is 31.4 Å². The Bertz CT molecular complexity index is 600. The van der Waals surface area contributed by atoms with Gasteiger partial charge in [0.15, 0.2) is 11.9 Å². The summed E-state index contributed by atoms with van der Waals surface area (Å²) in [5.41, 5.74) is 0. The van der Waals surface area contributed by atoms with Gasteiger partial charge in [0.2, 0.25) is 5.91 Å². The first-order chi connectivity index (χ1) is 11.1. The highest BCUT2D eigenvalue weighted by Crippen LogP contribution is 2.42. The summed E-state index contributed by atoms with van der Waals surface area (Å²) in [6.45, 7) is 1.42. The third-order valence-electron chi connectivity index (χ3n) is 4.18. The molecule has 0 spiro atoms. The van der Waals surface area contributed by atoms with Crippen molar-refractivity contribution in [1.82, 2.24) is 4.90 Å². The van der Waals surface area contributed by atoms with Crippen molar-refractivity contribution < 1.29 is 23.5 Å². The lowest BCUT2D eigenvalue weighted by molar-refractivity contribution is -0.163. The predicted molar refractivity (Wildman–Crippen MR) is 83.6 cm³/mol. The number of nitrogens with zero attached hydrogens (tertiary/aromatic N) is 1. The lowest BCUT2D eigenvalue weighted by atomic mass is 9.96. The van der Waals surface area contributed by atoms with E-state index in [9.17, 15) is 14.4 Å². The molecule has 124 valence electrons. The zero-order valence-electron chi connectivity index (χ0n) is 12.9. The van der Waals surface area contributed by atoms with Gasteiger partial charge in [-0.25, -0.2) is 4.79 Å². The van der Waals surface area contributed by atoms with Crippen molar-refractivity contribution in [1.29, 1.82) is 0 Å². The molecule has 1 aromatic heterocycles. The van der Waals surface area contributed by atoms with Crippen molar-refractivity contribution in [2.75, 3.05) is 5.75 Å². The monoisotopic (exact) mass is 337 g/mol. The van der Waals surface area contributed by atoms with Gasteiger partial charge in [-0.3, -0.25) is 9.59 Å². The Kier molecular flexibility index (Phi) is 4.75. The van der Waals surface area contributed by atoms with Gasteiger partial charge in [-0.15, -0.1) is 11.8 Å². The SMILES string of the molecule is CC(=O)N1[C@@H](C(=O)O[C@@H]2CCCCC2=O)CS[C@H]1c1ccco1. The molecule has 7 heteroatoms. The summed E-state index contributed by atoms with van der Waals surface area (Å²) in [5, 5.41) is -0.331. The van der Waals surface area contributed by atoms with Gasteiger partial charge < -0.3 is 14.1 Å². The molecule has 0 bridgehead atoms. The lowest BCUT2D eigenvalue weighted by Crippen LogP contribution is -2.45. The van der Waals surface area contributed by atoms with E-state index in [1.54, 1.807) is 18.4 Å². The van der Waals surface area contributed by atoms with Gasteiger partial charge in [0.1, 0.15) is 17.2 Å². The number of furan rings is 1. The number of ether oxygens (including phenoxy) is 1. The maximum absolute atomic E-state index is 12.5. The molecule has 1 aliphatic carbocycles. The second-order valence-electron chi connectivity index (χ2n) is 5.78. The van der Waals surface area contributed by atoms with Crippen molar-refractivity contribution in [2.24, 2.45) is 0 Å². The number of amides is 1. The molecule has 1 saturated heterocycles. The van der Waals surface area contributed by atoms with Crippen LogP contribution in [0.1, 0.15) is 43.7 Å². The average molecular weight is 337 g/mol. The molecule has 3 atom stereocenters. The molecule has 1 aromatic rings. The van der Waals surface area contributed by atoms with E-state index in [0.717, 1.165) is 12.8 Å². The molecule has 1 saturated carbocycles. The lowest BCUT2D eigenvalue weighted by Gasteiger charge is -2.28. The molecule has 0 radical (unpaired) electrons. The van der Waals surface area contributed by atoms with Crippen molar-refractivity contribution in [3.63, 3.8) is 0 Å². The maximum atomic E-state index is 12.5. The van der Waals surface area contributed by atoms with Crippen LogP contribution < -0.4 is 0 Å². The standard InChI is InChI=1S/C16H19NO5S/c1-10(18)17-11(9-23-15(17)14-7-4-8-21-14)16(20)22-13-6-3-2-5-12(13)19/h4,7-8,11,13,15H,2-3,5-6,9H2,1H3/t11-,13-,15+/m1/s1. The van der Waals surface area contributed by atoms with Gasteiger partial charge >= 0.3 is 5.97 Å². The fraction of sp³-hybridized carbons (Fsp3) is 0.562. The summed E-state index contributed by atoms with van der Waals surface area (Å²) in [5.74, 6) is 0.335. The number of carbonyl (C=O) groups is 3. The van der Waals surface area contributed by atoms with Crippen LogP contribution in [0, 0.1) is 0 Å². The molecular formula is C16H19NO5S.